The van der Waals surface area contributed by atoms with Crippen molar-refractivity contribution in [3.8, 4) is 0 Å². The van der Waals surface area contributed by atoms with Crippen molar-refractivity contribution in [2.24, 2.45) is 0 Å². The van der Waals surface area contributed by atoms with Crippen LogP contribution in [-0.2, 0) is 0 Å². The van der Waals surface area contributed by atoms with Gasteiger partial charge in [0, 0.05) is 6.54 Å². The molecule has 0 aromatic rings. The molecule has 0 aliphatic heterocycles. The van der Waals surface area contributed by atoms with Gasteiger partial charge in [-0.1, -0.05) is 0 Å². The molecule has 3 heteroatoms. The Morgan fingerprint density at radius 1 is 1.44 bits per heavy atom. The molecule has 0 spiro atoms. The lowest BCUT2D eigenvalue weighted by Crippen LogP contribution is -2.40. The Balaban J connectivity index is 3.58. The molecule has 1 unspecified atom stereocenters. The number of likely N-dealkylation sites (N-methyl/N-ethyl adjacent to an activating group) is 1. The third-order valence-corrected chi connectivity index (χ3v) is 0.997. The molecule has 0 aromatic carbocycles. The van der Waals surface area contributed by atoms with E-state index in [1.165, 1.54) is 0 Å². The highest BCUT2D eigenvalue weighted by Crippen LogP contribution is 2.01. The minimum atomic E-state index is -0.955. The third-order valence-electron chi connectivity index (χ3n) is 0.997. The van der Waals surface area contributed by atoms with Crippen LogP contribution in [0, 0.1) is 0 Å². The van der Waals surface area contributed by atoms with E-state index in [4.69, 9.17) is 5.11 Å². The smallest absolute Gasteiger partial charge is 0.0975 e. The van der Waals surface area contributed by atoms with Crippen molar-refractivity contribution >= 4 is 0 Å². The topological polar surface area (TPSA) is 43.7 Å². The molecule has 0 aromatic heterocycles. The maximum atomic E-state index is 9.20. The fraction of sp³-hybridized carbons (Fsp3) is 1.00. The van der Waals surface area contributed by atoms with Crippen LogP contribution in [0.2, 0.25) is 0 Å². The van der Waals surface area contributed by atoms with Crippen molar-refractivity contribution in [2.45, 2.75) is 12.5 Å². The van der Waals surface area contributed by atoms with Crippen LogP contribution in [-0.4, -0.2) is 48.0 Å². The normalized spacial score (nSPS) is 18.0. The van der Waals surface area contributed by atoms with Crippen LogP contribution in [0.4, 0.5) is 0 Å². The molecule has 0 heterocycles. The Morgan fingerprint density at radius 3 is 2.00 bits per heavy atom. The molecule has 1 atom stereocenters. The zero-order valence-electron chi connectivity index (χ0n) is 6.26. The molecule has 0 aliphatic rings. The molecule has 9 heavy (non-hydrogen) atoms. The molecule has 0 saturated heterocycles. The fourth-order valence-corrected chi connectivity index (χ4v) is 0.731. The lowest BCUT2D eigenvalue weighted by atomic mass is 10.1. The number of hydrogen-bond acceptors (Lipinski definition) is 3. The summed E-state index contributed by atoms with van der Waals surface area (Å²) in [6, 6.07) is 0. The van der Waals surface area contributed by atoms with Gasteiger partial charge in [0.25, 0.3) is 0 Å². The van der Waals surface area contributed by atoms with E-state index in [-0.39, 0.29) is 6.61 Å². The first-order chi connectivity index (χ1) is 3.98. The van der Waals surface area contributed by atoms with Gasteiger partial charge in [-0.3, -0.25) is 0 Å². The van der Waals surface area contributed by atoms with Gasteiger partial charge in [-0.25, -0.2) is 0 Å². The Bertz CT molecular complexity index is 81.1. The average molecular weight is 133 g/mol. The lowest BCUT2D eigenvalue weighted by Gasteiger charge is -2.23. The number of aliphatic hydroxyl groups excluding tert-OH is 1. The van der Waals surface area contributed by atoms with Gasteiger partial charge in [0.2, 0.25) is 0 Å². The van der Waals surface area contributed by atoms with E-state index in [9.17, 15) is 5.11 Å². The van der Waals surface area contributed by atoms with Crippen LogP contribution >= 0.6 is 0 Å². The Kier molecular flexibility index (Phi) is 3.11. The SMILES string of the molecule is CN(C)CC(C)(O)CO. The predicted molar refractivity (Wildman–Crippen MR) is 36.3 cm³/mol. The maximum Gasteiger partial charge on any atom is 0.0975 e. The van der Waals surface area contributed by atoms with Gasteiger partial charge in [-0.15, -0.1) is 0 Å². The molecule has 0 fully saturated rings. The zero-order valence-corrected chi connectivity index (χ0v) is 6.26. The van der Waals surface area contributed by atoms with Gasteiger partial charge in [0.05, 0.1) is 12.2 Å². The third kappa shape index (κ3) is 4.39. The van der Waals surface area contributed by atoms with Crippen LogP contribution < -0.4 is 0 Å². The first-order valence-corrected chi connectivity index (χ1v) is 2.96. The summed E-state index contributed by atoms with van der Waals surface area (Å²) in [5, 5.41) is 17.8. The first-order valence-electron chi connectivity index (χ1n) is 2.96. The largest absolute Gasteiger partial charge is 0.393 e. The minimum Gasteiger partial charge on any atom is -0.393 e. The summed E-state index contributed by atoms with van der Waals surface area (Å²) in [5.74, 6) is 0. The summed E-state index contributed by atoms with van der Waals surface area (Å²) in [4.78, 5) is 1.83. The van der Waals surface area contributed by atoms with E-state index < -0.39 is 5.60 Å². The van der Waals surface area contributed by atoms with Crippen LogP contribution in [0.25, 0.3) is 0 Å². The summed E-state index contributed by atoms with van der Waals surface area (Å²) in [5.41, 5.74) is -0.955. The van der Waals surface area contributed by atoms with E-state index in [1.807, 2.05) is 19.0 Å². The molecular formula is C6H15NO2. The second-order valence-electron chi connectivity index (χ2n) is 2.89. The van der Waals surface area contributed by atoms with E-state index in [1.54, 1.807) is 6.92 Å². The molecule has 3 nitrogen and oxygen atoms in total. The summed E-state index contributed by atoms with van der Waals surface area (Å²) in [6.07, 6.45) is 0. The second kappa shape index (κ2) is 3.15. The minimum absolute atomic E-state index is 0.189. The van der Waals surface area contributed by atoms with Crippen LogP contribution in [0.1, 0.15) is 6.92 Å². The van der Waals surface area contributed by atoms with Gasteiger partial charge >= 0.3 is 0 Å². The van der Waals surface area contributed by atoms with E-state index in [2.05, 4.69) is 0 Å². The summed E-state index contributed by atoms with van der Waals surface area (Å²) in [7, 11) is 3.70. The Labute approximate surface area is 55.9 Å². The Hall–Kier alpha value is -0.120. The van der Waals surface area contributed by atoms with E-state index >= 15 is 0 Å². The molecule has 0 saturated carbocycles. The van der Waals surface area contributed by atoms with Crippen molar-refractivity contribution < 1.29 is 10.2 Å². The zero-order chi connectivity index (χ0) is 7.49. The van der Waals surface area contributed by atoms with Crippen LogP contribution in [0.15, 0.2) is 0 Å². The van der Waals surface area contributed by atoms with Crippen LogP contribution in [0.5, 0.6) is 0 Å². The number of rotatable bonds is 3. The molecule has 56 valence electrons. The van der Waals surface area contributed by atoms with Crippen molar-refractivity contribution in [3.05, 3.63) is 0 Å². The maximum absolute atomic E-state index is 9.20. The fourth-order valence-electron chi connectivity index (χ4n) is 0.731. The van der Waals surface area contributed by atoms with Crippen LogP contribution in [0.3, 0.4) is 0 Å². The quantitative estimate of drug-likeness (QED) is 0.534. The monoisotopic (exact) mass is 133 g/mol. The summed E-state index contributed by atoms with van der Waals surface area (Å²) in [6.45, 7) is 1.90. The van der Waals surface area contributed by atoms with E-state index in [0.717, 1.165) is 0 Å². The molecule has 0 rings (SSSR count). The molecular weight excluding hydrogens is 118 g/mol. The van der Waals surface area contributed by atoms with Gasteiger partial charge in [-0.05, 0) is 21.0 Å². The summed E-state index contributed by atoms with van der Waals surface area (Å²) < 4.78 is 0. The standard InChI is InChI=1S/C6H15NO2/c1-6(9,5-8)4-7(2)3/h8-9H,4-5H2,1-3H3. The Morgan fingerprint density at radius 2 is 1.89 bits per heavy atom. The predicted octanol–water partition coefficient (Wildman–Crippen LogP) is -0.709. The first kappa shape index (κ1) is 8.88. The number of hydrogen-bond donors (Lipinski definition) is 2. The van der Waals surface area contributed by atoms with Crippen molar-refractivity contribution in [1.29, 1.82) is 0 Å². The molecule has 0 amide bonds. The van der Waals surface area contributed by atoms with Gasteiger partial charge < -0.3 is 15.1 Å². The summed E-state index contributed by atoms with van der Waals surface area (Å²) >= 11 is 0. The van der Waals surface area contributed by atoms with Gasteiger partial charge in [-0.2, -0.15) is 0 Å². The molecule has 0 aliphatic carbocycles. The molecule has 0 bridgehead atoms. The molecule has 0 radical (unpaired) electrons. The average Bonchev–Trinajstić information content (AvgIpc) is 1.63. The van der Waals surface area contributed by atoms with Gasteiger partial charge in [0.1, 0.15) is 0 Å². The van der Waals surface area contributed by atoms with Crippen molar-refractivity contribution in [3.63, 3.8) is 0 Å². The highest BCUT2D eigenvalue weighted by atomic mass is 16.3. The number of nitrogens with zero attached hydrogens (tertiary/aromatic N) is 1. The van der Waals surface area contributed by atoms with Crippen molar-refractivity contribution in [1.82, 2.24) is 4.90 Å². The highest BCUT2D eigenvalue weighted by molar-refractivity contribution is 4.72. The highest BCUT2D eigenvalue weighted by Gasteiger charge is 2.18. The molecule has 2 N–H and O–H groups in total. The second-order valence-corrected chi connectivity index (χ2v) is 2.89. The van der Waals surface area contributed by atoms with Gasteiger partial charge in [0.15, 0.2) is 0 Å². The number of aliphatic hydroxyl groups is 2. The lowest BCUT2D eigenvalue weighted by molar-refractivity contribution is -0.0162. The van der Waals surface area contributed by atoms with Crippen molar-refractivity contribution in [2.75, 3.05) is 27.2 Å². The van der Waals surface area contributed by atoms with E-state index in [0.29, 0.717) is 6.54 Å².